The zero-order valence-electron chi connectivity index (χ0n) is 38.5. The molecule has 8 N–H and O–H groups in total. The Balaban J connectivity index is 0.940. The van der Waals surface area contributed by atoms with Gasteiger partial charge in [-0.1, -0.05) is 32.9 Å². The summed E-state index contributed by atoms with van der Waals surface area (Å²) in [6.07, 6.45) is -1.21. The van der Waals surface area contributed by atoms with Crippen LogP contribution in [0.2, 0.25) is 0 Å². The summed E-state index contributed by atoms with van der Waals surface area (Å²) in [6, 6.07) is 9.23. The average Bonchev–Trinajstić information content (AvgIpc) is 3.71. The van der Waals surface area contributed by atoms with E-state index in [1.54, 1.807) is 44.5 Å². The molecule has 16 nitrogen and oxygen atoms in total. The molecule has 6 rings (SSSR count). The van der Waals surface area contributed by atoms with Crippen LogP contribution in [0.3, 0.4) is 0 Å². The molecule has 0 bridgehead atoms. The third kappa shape index (κ3) is 14.3. The van der Waals surface area contributed by atoms with Gasteiger partial charge in [0.05, 0.1) is 51.8 Å². The number of likely N-dealkylation sites (tertiary alicyclic amines) is 1. The minimum Gasteiger partial charge on any atom is -0.483 e. The van der Waals surface area contributed by atoms with E-state index < -0.39 is 82.3 Å². The topological polar surface area (TPSA) is 216 Å². The number of anilines is 2. The molecule has 1 aromatic heterocycles. The van der Waals surface area contributed by atoms with Crippen molar-refractivity contribution in [3.8, 4) is 16.2 Å². The van der Waals surface area contributed by atoms with Crippen molar-refractivity contribution < 1.29 is 56.5 Å². The second kappa shape index (κ2) is 23.8. The first-order valence-electron chi connectivity index (χ1n) is 22.4. The number of aromatic nitrogens is 1. The summed E-state index contributed by atoms with van der Waals surface area (Å²) in [7, 11) is 0. The fraction of sp³-hybridized carbons (Fsp3) is 0.468. The summed E-state index contributed by atoms with van der Waals surface area (Å²) in [5.41, 5.74) is 2.47. The highest BCUT2D eigenvalue weighted by Gasteiger charge is 2.53. The Morgan fingerprint density at radius 2 is 1.75 bits per heavy atom. The molecule has 69 heavy (non-hydrogen) atoms. The van der Waals surface area contributed by atoms with Crippen LogP contribution < -0.4 is 36.8 Å². The van der Waals surface area contributed by atoms with Crippen LogP contribution in [0.1, 0.15) is 74.5 Å². The number of amides is 4. The molecule has 0 radical (unpaired) electrons. The van der Waals surface area contributed by atoms with Crippen LogP contribution in [0.15, 0.2) is 54.0 Å². The number of benzene rings is 3. The number of nitrogens with zero attached hydrogens (tertiary/aromatic N) is 2. The Hall–Kier alpha value is -4.98. The van der Waals surface area contributed by atoms with Gasteiger partial charge in [-0.3, -0.25) is 29.3 Å². The molecule has 374 valence electrons. The van der Waals surface area contributed by atoms with Crippen molar-refractivity contribution in [1.82, 2.24) is 36.6 Å². The van der Waals surface area contributed by atoms with Gasteiger partial charge in [-0.25, -0.2) is 28.0 Å². The van der Waals surface area contributed by atoms with Gasteiger partial charge in [0.2, 0.25) is 11.8 Å². The molecule has 3 aromatic carbocycles. The Bertz CT molecular complexity index is 2480. The third-order valence-electron chi connectivity index (χ3n) is 11.6. The zero-order valence-corrected chi connectivity index (χ0v) is 41.5. The van der Waals surface area contributed by atoms with Crippen molar-refractivity contribution in [3.63, 3.8) is 0 Å². The van der Waals surface area contributed by atoms with Gasteiger partial charge in [-0.05, 0) is 116 Å². The molecule has 4 aromatic rings. The lowest BCUT2D eigenvalue weighted by Gasteiger charge is -2.37. The molecule has 1 aliphatic carbocycles. The van der Waals surface area contributed by atoms with Crippen molar-refractivity contribution in [3.05, 3.63) is 91.9 Å². The number of aryl methyl sites for hydroxylation is 1. The summed E-state index contributed by atoms with van der Waals surface area (Å²) >= 11 is 3.34. The second-order valence-electron chi connectivity index (χ2n) is 18.0. The maximum Gasteiger partial charge on any atom is 0.277 e. The first-order chi connectivity index (χ1) is 32.7. The van der Waals surface area contributed by atoms with E-state index in [1.165, 1.54) is 28.4 Å². The van der Waals surface area contributed by atoms with E-state index in [0.29, 0.717) is 47.4 Å². The summed E-state index contributed by atoms with van der Waals surface area (Å²) in [6.45, 7) is 8.08. The molecule has 1 aliphatic heterocycles. The highest BCUT2D eigenvalue weighted by Crippen LogP contribution is 2.43. The zero-order chi connectivity index (χ0) is 50.0. The number of aliphatic hydroxyl groups excluding tert-OH is 2. The van der Waals surface area contributed by atoms with Gasteiger partial charge in [-0.2, -0.15) is 0 Å². The van der Waals surface area contributed by atoms with Gasteiger partial charge in [0, 0.05) is 35.2 Å². The van der Waals surface area contributed by atoms with Crippen molar-refractivity contribution in [1.29, 1.82) is 0 Å². The Morgan fingerprint density at radius 1 is 1.00 bits per heavy atom. The number of hydrogen-bond acceptors (Lipinski definition) is 13. The summed E-state index contributed by atoms with van der Waals surface area (Å²) in [5.74, 6) is -5.29. The molecule has 4 amide bonds. The molecule has 4 atom stereocenters. The van der Waals surface area contributed by atoms with E-state index in [9.17, 15) is 47.0 Å². The van der Waals surface area contributed by atoms with Crippen LogP contribution in [0.4, 0.5) is 28.9 Å². The molecule has 2 unspecified atom stereocenters. The van der Waals surface area contributed by atoms with Crippen LogP contribution >= 0.6 is 33.9 Å². The predicted octanol–water partition coefficient (Wildman–Crippen LogP) is 5.51. The molecule has 2 fully saturated rings. The van der Waals surface area contributed by atoms with Gasteiger partial charge in [0.1, 0.15) is 29.5 Å². The fourth-order valence-electron chi connectivity index (χ4n) is 7.51. The maximum absolute atomic E-state index is 14.7. The monoisotopic (exact) mass is 1100 g/mol. The van der Waals surface area contributed by atoms with Crippen molar-refractivity contribution >= 4 is 68.9 Å². The van der Waals surface area contributed by atoms with E-state index >= 15 is 0 Å². The van der Waals surface area contributed by atoms with Crippen LogP contribution in [0.25, 0.3) is 10.4 Å². The van der Waals surface area contributed by atoms with E-state index in [1.807, 2.05) is 35.6 Å². The number of carbonyl (C=O) groups excluding carboxylic acids is 4. The lowest BCUT2D eigenvalue weighted by molar-refractivity contribution is -0.144. The van der Waals surface area contributed by atoms with Crippen molar-refractivity contribution in [2.75, 3.05) is 44.7 Å². The smallest absolute Gasteiger partial charge is 0.277 e. The number of ether oxygens (including phenoxy) is 1. The third-order valence-corrected chi connectivity index (χ3v) is 13.2. The van der Waals surface area contributed by atoms with Crippen LogP contribution in [0, 0.1) is 33.4 Å². The minimum absolute atomic E-state index is 0.0226. The van der Waals surface area contributed by atoms with E-state index in [4.69, 9.17) is 9.57 Å². The standard InChI is InChI=1S/C47H57F4IN8O8S/c1-26-40(69-25-56-26)27-7-8-28(22-55-43(64)35-21-30(61)23-60(35)44(65)41(46(2,3)4)58-45(66)47(51)13-14-47)36(19-27)67-24-37(62)54-17-5-15-53-16-6-18-68-59-42(63)31-10-11-32(48)38(50)39(31)57-34-12-9-29(52)20-33(34)49/h7-12,19-20,25,30,35,41,45,53,57-58,61,66H,5-6,13-18,21-24H2,1-4H3,(H,54,62)(H,55,64)(H,59,63)/t30-,35?,41-,45?/m1/s1. The SMILES string of the molecule is Cc1ncsc1-c1ccc(CNC(=O)C2C[C@@H](O)CN2C(=O)[C@@H](NC(O)C2(F)CC2)C(C)(C)C)c(OCC(=O)NCCCNCCCONC(=O)c2ccc(F)c(F)c2Nc2ccc(I)cc2F)c1. The number of carbonyl (C=O) groups is 4. The van der Waals surface area contributed by atoms with Gasteiger partial charge in [0.15, 0.2) is 18.2 Å². The number of hydroxylamine groups is 1. The average molecular weight is 1100 g/mol. The number of thiazole rings is 1. The lowest BCUT2D eigenvalue weighted by Crippen LogP contribution is -2.60. The first-order valence-corrected chi connectivity index (χ1v) is 24.4. The van der Waals surface area contributed by atoms with Crippen LogP contribution in [-0.4, -0.2) is 113 Å². The molecule has 22 heteroatoms. The largest absolute Gasteiger partial charge is 0.483 e. The quantitative estimate of drug-likeness (QED) is 0.0152. The normalized spacial score (nSPS) is 17.2. The minimum atomic E-state index is -1.82. The van der Waals surface area contributed by atoms with Gasteiger partial charge >= 0.3 is 0 Å². The fourth-order valence-corrected chi connectivity index (χ4v) is 8.76. The Morgan fingerprint density at radius 3 is 2.45 bits per heavy atom. The molecular weight excluding hydrogens is 1040 g/mol. The van der Waals surface area contributed by atoms with Crippen molar-refractivity contribution in [2.24, 2.45) is 5.41 Å². The Labute approximate surface area is 414 Å². The number of aliphatic hydroxyl groups is 2. The molecule has 0 spiro atoms. The molecule has 1 saturated carbocycles. The summed E-state index contributed by atoms with van der Waals surface area (Å²) in [4.78, 5) is 65.1. The number of β-amino-alcohol motifs (C(OH)–C–C–N with tert-alkyl or cyclic N) is 1. The highest BCUT2D eigenvalue weighted by atomic mass is 127. The summed E-state index contributed by atoms with van der Waals surface area (Å²) < 4.78 is 64.5. The second-order valence-corrected chi connectivity index (χ2v) is 20.1. The summed E-state index contributed by atoms with van der Waals surface area (Å²) in [5, 5.41) is 35.2. The predicted molar refractivity (Wildman–Crippen MR) is 259 cm³/mol. The Kier molecular flexibility index (Phi) is 18.4. The molecule has 1 saturated heterocycles. The number of hydrogen-bond donors (Lipinski definition) is 8. The number of alkyl halides is 1. The van der Waals surface area contributed by atoms with Crippen molar-refractivity contribution in [2.45, 2.75) is 96.4 Å². The number of halogens is 5. The van der Waals surface area contributed by atoms with Crippen LogP contribution in [-0.2, 0) is 25.8 Å². The van der Waals surface area contributed by atoms with Crippen LogP contribution in [0.5, 0.6) is 5.75 Å². The lowest BCUT2D eigenvalue weighted by atomic mass is 9.85. The van der Waals surface area contributed by atoms with Gasteiger partial charge in [0.25, 0.3) is 11.8 Å². The molecular formula is C47H57F4IN8O8S. The highest BCUT2D eigenvalue weighted by molar-refractivity contribution is 14.1. The van der Waals surface area contributed by atoms with E-state index in [-0.39, 0.29) is 56.8 Å². The number of nitrogens with one attached hydrogen (secondary N) is 6. The van der Waals surface area contributed by atoms with Gasteiger partial charge < -0.3 is 41.1 Å². The molecule has 2 aliphatic rings. The number of rotatable bonds is 23. The maximum atomic E-state index is 14.7. The van der Waals surface area contributed by atoms with Gasteiger partial charge in [-0.15, -0.1) is 11.3 Å². The van der Waals surface area contributed by atoms with E-state index in [2.05, 4.69) is 37.0 Å². The molecule has 2 heterocycles. The van der Waals surface area contributed by atoms with E-state index in [0.717, 1.165) is 28.3 Å². The first kappa shape index (κ1) is 53.4.